The van der Waals surface area contributed by atoms with Gasteiger partial charge in [-0.2, -0.15) is 4.31 Å². The average molecular weight is 450 g/mol. The standard InChI is InChI=1S/C22H31N3O5S/c1-15(2)18-14-24(21(27)30-22(3,4)5)11-8-12-25(18)31(28,29)19-13-16-9-6-7-10-17(16)20(26)23-19/h6-7,9-10,13,15,18H,8,11-12,14H2,1-5H3,(H,23,26). The number of hydrogen-bond acceptors (Lipinski definition) is 5. The number of carbonyl (C=O) groups excluding carboxylic acids is 1. The Labute approximate surface area is 183 Å². The van der Waals surface area contributed by atoms with Gasteiger partial charge in [-0.25, -0.2) is 13.2 Å². The molecule has 1 amide bonds. The summed E-state index contributed by atoms with van der Waals surface area (Å²) in [5.74, 6) is -0.0509. The van der Waals surface area contributed by atoms with Gasteiger partial charge in [0.2, 0.25) is 0 Å². The summed E-state index contributed by atoms with van der Waals surface area (Å²) in [5, 5.41) is 0.873. The lowest BCUT2D eigenvalue weighted by Gasteiger charge is -2.34. The molecule has 1 aromatic carbocycles. The minimum absolute atomic E-state index is 0.0509. The number of nitrogens with zero attached hydrogens (tertiary/aromatic N) is 2. The highest BCUT2D eigenvalue weighted by atomic mass is 32.2. The minimum Gasteiger partial charge on any atom is -0.444 e. The number of hydrogen-bond donors (Lipinski definition) is 1. The first-order valence-corrected chi connectivity index (χ1v) is 12.0. The molecule has 1 aromatic heterocycles. The third-order valence-corrected chi connectivity index (χ3v) is 7.17. The van der Waals surface area contributed by atoms with Crippen molar-refractivity contribution in [3.8, 4) is 0 Å². The monoisotopic (exact) mass is 449 g/mol. The van der Waals surface area contributed by atoms with E-state index in [-0.39, 0.29) is 24.0 Å². The molecule has 1 saturated heterocycles. The van der Waals surface area contributed by atoms with E-state index in [1.165, 1.54) is 10.4 Å². The summed E-state index contributed by atoms with van der Waals surface area (Å²) < 4.78 is 34.1. The fourth-order valence-corrected chi connectivity index (χ4v) is 5.56. The van der Waals surface area contributed by atoms with Crippen LogP contribution in [0.15, 0.2) is 40.2 Å². The van der Waals surface area contributed by atoms with Crippen LogP contribution in [0.25, 0.3) is 10.8 Å². The molecule has 9 heteroatoms. The molecule has 2 heterocycles. The van der Waals surface area contributed by atoms with Crippen LogP contribution in [0.1, 0.15) is 41.0 Å². The van der Waals surface area contributed by atoms with E-state index in [2.05, 4.69) is 4.98 Å². The Hall–Kier alpha value is -2.39. The van der Waals surface area contributed by atoms with Crippen LogP contribution in [0.5, 0.6) is 0 Å². The molecule has 1 N–H and O–H groups in total. The van der Waals surface area contributed by atoms with Gasteiger partial charge in [-0.3, -0.25) is 4.79 Å². The average Bonchev–Trinajstić information content (AvgIpc) is 2.90. The Morgan fingerprint density at radius 2 is 1.87 bits per heavy atom. The van der Waals surface area contributed by atoms with Gasteiger partial charge in [-0.1, -0.05) is 32.0 Å². The normalized spacial score (nSPS) is 18.9. The third kappa shape index (κ3) is 5.10. The Balaban J connectivity index is 1.96. The molecule has 0 radical (unpaired) electrons. The molecule has 1 fully saturated rings. The van der Waals surface area contributed by atoms with E-state index in [0.29, 0.717) is 23.7 Å². The number of aromatic amines is 1. The van der Waals surface area contributed by atoms with Crippen molar-refractivity contribution in [2.75, 3.05) is 19.6 Å². The number of ether oxygens (including phenoxy) is 1. The number of sulfonamides is 1. The Morgan fingerprint density at radius 1 is 1.19 bits per heavy atom. The fourth-order valence-electron chi connectivity index (χ4n) is 3.78. The molecule has 0 saturated carbocycles. The number of amides is 1. The molecule has 1 aliphatic heterocycles. The smallest absolute Gasteiger partial charge is 0.410 e. The van der Waals surface area contributed by atoms with Crippen molar-refractivity contribution in [2.45, 2.75) is 57.7 Å². The molecule has 170 valence electrons. The van der Waals surface area contributed by atoms with Gasteiger partial charge in [0.1, 0.15) is 5.60 Å². The zero-order valence-corrected chi connectivity index (χ0v) is 19.5. The van der Waals surface area contributed by atoms with Crippen LogP contribution < -0.4 is 5.56 Å². The highest BCUT2D eigenvalue weighted by Crippen LogP contribution is 2.26. The van der Waals surface area contributed by atoms with E-state index in [1.54, 1.807) is 49.9 Å². The van der Waals surface area contributed by atoms with E-state index < -0.39 is 33.3 Å². The molecule has 1 unspecified atom stereocenters. The van der Waals surface area contributed by atoms with Gasteiger partial charge in [0.15, 0.2) is 5.03 Å². The lowest BCUT2D eigenvalue weighted by molar-refractivity contribution is 0.0230. The largest absolute Gasteiger partial charge is 0.444 e. The van der Waals surface area contributed by atoms with Crippen LogP contribution in [0.2, 0.25) is 0 Å². The number of H-pyrrole nitrogens is 1. The van der Waals surface area contributed by atoms with Crippen LogP contribution >= 0.6 is 0 Å². The van der Waals surface area contributed by atoms with Gasteiger partial charge in [-0.05, 0) is 50.6 Å². The molecular formula is C22H31N3O5S. The molecule has 1 atom stereocenters. The number of nitrogens with one attached hydrogen (secondary N) is 1. The van der Waals surface area contributed by atoms with Crippen LogP contribution in [0, 0.1) is 5.92 Å². The van der Waals surface area contributed by atoms with Crippen LogP contribution in [0.4, 0.5) is 4.79 Å². The quantitative estimate of drug-likeness (QED) is 0.776. The summed E-state index contributed by atoms with van der Waals surface area (Å²) >= 11 is 0. The van der Waals surface area contributed by atoms with Crippen molar-refractivity contribution in [1.29, 1.82) is 0 Å². The number of pyridine rings is 1. The molecule has 0 spiro atoms. The first kappa shape index (κ1) is 23.3. The van der Waals surface area contributed by atoms with Crippen LogP contribution in [-0.4, -0.2) is 60.0 Å². The van der Waals surface area contributed by atoms with Crippen LogP contribution in [0.3, 0.4) is 0 Å². The number of carbonyl (C=O) groups is 1. The summed E-state index contributed by atoms with van der Waals surface area (Å²) in [5.41, 5.74) is -1.07. The van der Waals surface area contributed by atoms with E-state index in [9.17, 15) is 18.0 Å². The Morgan fingerprint density at radius 3 is 2.52 bits per heavy atom. The minimum atomic E-state index is -3.98. The van der Waals surface area contributed by atoms with Crippen molar-refractivity contribution >= 4 is 26.9 Å². The number of aromatic nitrogens is 1. The summed E-state index contributed by atoms with van der Waals surface area (Å²) in [4.78, 5) is 29.2. The van der Waals surface area contributed by atoms with Gasteiger partial charge in [0, 0.05) is 31.1 Å². The molecule has 3 rings (SSSR count). The maximum absolute atomic E-state index is 13.6. The topological polar surface area (TPSA) is 99.8 Å². The first-order valence-electron chi connectivity index (χ1n) is 10.5. The molecule has 0 bridgehead atoms. The van der Waals surface area contributed by atoms with E-state index in [0.717, 1.165) is 0 Å². The van der Waals surface area contributed by atoms with Gasteiger partial charge < -0.3 is 14.6 Å². The molecular weight excluding hydrogens is 418 g/mol. The van der Waals surface area contributed by atoms with Gasteiger partial charge in [0.25, 0.3) is 15.6 Å². The molecule has 8 nitrogen and oxygen atoms in total. The van der Waals surface area contributed by atoms with Gasteiger partial charge >= 0.3 is 6.09 Å². The number of fused-ring (bicyclic) bond motifs is 1. The van der Waals surface area contributed by atoms with E-state index in [4.69, 9.17) is 4.74 Å². The second-order valence-electron chi connectivity index (χ2n) is 9.26. The second-order valence-corrected chi connectivity index (χ2v) is 11.1. The van der Waals surface area contributed by atoms with Crippen molar-refractivity contribution in [2.24, 2.45) is 5.92 Å². The van der Waals surface area contributed by atoms with Crippen molar-refractivity contribution in [3.05, 3.63) is 40.7 Å². The molecule has 0 aliphatic carbocycles. The van der Waals surface area contributed by atoms with Gasteiger partial charge in [0.05, 0.1) is 0 Å². The lowest BCUT2D eigenvalue weighted by atomic mass is 10.0. The Kier molecular flexibility index (Phi) is 6.48. The third-order valence-electron chi connectivity index (χ3n) is 5.32. The molecule has 1 aliphatic rings. The summed E-state index contributed by atoms with van der Waals surface area (Å²) in [7, 11) is -3.98. The number of rotatable bonds is 3. The van der Waals surface area contributed by atoms with Gasteiger partial charge in [-0.15, -0.1) is 0 Å². The van der Waals surface area contributed by atoms with E-state index in [1.807, 2.05) is 13.8 Å². The zero-order valence-electron chi connectivity index (χ0n) is 18.7. The summed E-state index contributed by atoms with van der Waals surface area (Å²) in [6.45, 7) is 10.1. The predicted molar refractivity (Wildman–Crippen MR) is 120 cm³/mol. The zero-order chi connectivity index (χ0) is 23.0. The highest BCUT2D eigenvalue weighted by Gasteiger charge is 2.38. The maximum Gasteiger partial charge on any atom is 0.410 e. The second kappa shape index (κ2) is 8.63. The lowest BCUT2D eigenvalue weighted by Crippen LogP contribution is -2.49. The van der Waals surface area contributed by atoms with E-state index >= 15 is 0 Å². The summed E-state index contributed by atoms with van der Waals surface area (Å²) in [6.07, 6.45) is 0.0241. The fraction of sp³-hybridized carbons (Fsp3) is 0.545. The maximum atomic E-state index is 13.6. The summed E-state index contributed by atoms with van der Waals surface area (Å²) in [6, 6.07) is 7.93. The highest BCUT2D eigenvalue weighted by molar-refractivity contribution is 7.89. The predicted octanol–water partition coefficient (Wildman–Crippen LogP) is 3.18. The van der Waals surface area contributed by atoms with Crippen LogP contribution in [-0.2, 0) is 14.8 Å². The van der Waals surface area contributed by atoms with Crippen molar-refractivity contribution in [1.82, 2.24) is 14.2 Å². The first-order chi connectivity index (χ1) is 14.4. The van der Waals surface area contributed by atoms with Crippen molar-refractivity contribution in [3.63, 3.8) is 0 Å². The molecule has 31 heavy (non-hydrogen) atoms. The number of benzene rings is 1. The van der Waals surface area contributed by atoms with Crippen molar-refractivity contribution < 1.29 is 17.9 Å². The Bertz CT molecular complexity index is 1120. The SMILES string of the molecule is CC(C)C1CN(C(=O)OC(C)(C)C)CCCN1S(=O)(=O)c1cc2ccccc2c(=O)[nH]1. The molecule has 2 aromatic rings.